The lowest BCUT2D eigenvalue weighted by Gasteiger charge is -2.27. The topological polar surface area (TPSA) is 32.3 Å². The van der Waals surface area contributed by atoms with Crippen molar-refractivity contribution in [1.29, 1.82) is 0 Å². The van der Waals surface area contributed by atoms with Crippen LogP contribution in [0.1, 0.15) is 17.9 Å². The summed E-state index contributed by atoms with van der Waals surface area (Å²) in [6.07, 6.45) is 0.712. The molecule has 1 aromatic rings. The SMILES string of the molecule is O=C([C@@H]1C[C@H]1c1c(F)cccc1Cl)N1CCNCC1. The highest BCUT2D eigenvalue weighted by molar-refractivity contribution is 6.31. The quantitative estimate of drug-likeness (QED) is 0.900. The summed E-state index contributed by atoms with van der Waals surface area (Å²) < 4.78 is 13.8. The van der Waals surface area contributed by atoms with E-state index in [1.54, 1.807) is 12.1 Å². The summed E-state index contributed by atoms with van der Waals surface area (Å²) in [5.41, 5.74) is 0.512. The molecule has 1 heterocycles. The number of hydrogen-bond donors (Lipinski definition) is 1. The molecule has 0 radical (unpaired) electrons. The van der Waals surface area contributed by atoms with Crippen molar-refractivity contribution in [3.8, 4) is 0 Å². The van der Waals surface area contributed by atoms with Crippen LogP contribution in [0.15, 0.2) is 18.2 Å². The fraction of sp³-hybridized carbons (Fsp3) is 0.500. The predicted octanol–water partition coefficient (Wildman–Crippen LogP) is 2.01. The van der Waals surface area contributed by atoms with Crippen molar-refractivity contribution >= 4 is 17.5 Å². The van der Waals surface area contributed by atoms with Gasteiger partial charge in [0.05, 0.1) is 0 Å². The lowest BCUT2D eigenvalue weighted by Crippen LogP contribution is -2.47. The van der Waals surface area contributed by atoms with Crippen LogP contribution < -0.4 is 5.32 Å². The van der Waals surface area contributed by atoms with E-state index in [1.165, 1.54) is 6.07 Å². The molecule has 0 aromatic heterocycles. The molecule has 1 aliphatic carbocycles. The summed E-state index contributed by atoms with van der Waals surface area (Å²) in [6.45, 7) is 3.16. The van der Waals surface area contributed by atoms with E-state index in [4.69, 9.17) is 11.6 Å². The van der Waals surface area contributed by atoms with Gasteiger partial charge in [-0.15, -0.1) is 0 Å². The Morgan fingerprint density at radius 3 is 2.79 bits per heavy atom. The predicted molar refractivity (Wildman–Crippen MR) is 71.7 cm³/mol. The Morgan fingerprint density at radius 2 is 2.11 bits per heavy atom. The van der Waals surface area contributed by atoms with Gasteiger partial charge >= 0.3 is 0 Å². The van der Waals surface area contributed by atoms with Crippen molar-refractivity contribution in [2.45, 2.75) is 12.3 Å². The van der Waals surface area contributed by atoms with Crippen LogP contribution in [0.3, 0.4) is 0 Å². The molecule has 1 saturated heterocycles. The number of hydrogen-bond acceptors (Lipinski definition) is 2. The van der Waals surface area contributed by atoms with E-state index in [9.17, 15) is 9.18 Å². The molecular weight excluding hydrogens is 267 g/mol. The maximum atomic E-state index is 13.8. The zero-order valence-corrected chi connectivity index (χ0v) is 11.3. The Morgan fingerprint density at radius 1 is 1.37 bits per heavy atom. The lowest BCUT2D eigenvalue weighted by molar-refractivity contribution is -0.133. The third kappa shape index (κ3) is 2.47. The maximum absolute atomic E-state index is 13.8. The Bertz CT molecular complexity index is 482. The number of benzene rings is 1. The van der Waals surface area contributed by atoms with Crippen molar-refractivity contribution in [3.63, 3.8) is 0 Å². The number of piperazine rings is 1. The average Bonchev–Trinajstić information content (AvgIpc) is 3.19. The average molecular weight is 283 g/mol. The number of carbonyl (C=O) groups is 1. The molecule has 3 nitrogen and oxygen atoms in total. The van der Waals surface area contributed by atoms with E-state index in [0.29, 0.717) is 17.0 Å². The summed E-state index contributed by atoms with van der Waals surface area (Å²) in [5, 5.41) is 3.65. The summed E-state index contributed by atoms with van der Waals surface area (Å²) in [5.74, 6) is -0.289. The van der Waals surface area contributed by atoms with Crippen LogP contribution in [0.5, 0.6) is 0 Å². The molecule has 102 valence electrons. The second-order valence-corrected chi connectivity index (χ2v) is 5.57. The van der Waals surface area contributed by atoms with Crippen molar-refractivity contribution in [2.75, 3.05) is 26.2 Å². The van der Waals surface area contributed by atoms with Gasteiger partial charge in [-0.2, -0.15) is 0 Å². The van der Waals surface area contributed by atoms with Crippen LogP contribution in [-0.4, -0.2) is 37.0 Å². The van der Waals surface area contributed by atoms with Crippen molar-refractivity contribution < 1.29 is 9.18 Å². The molecule has 5 heteroatoms. The van der Waals surface area contributed by atoms with Gasteiger partial charge in [0.1, 0.15) is 5.82 Å². The minimum atomic E-state index is -0.298. The van der Waals surface area contributed by atoms with E-state index >= 15 is 0 Å². The molecule has 1 aromatic carbocycles. The third-order valence-electron chi connectivity index (χ3n) is 3.91. The highest BCUT2D eigenvalue weighted by Crippen LogP contribution is 2.51. The first-order valence-electron chi connectivity index (χ1n) is 6.62. The highest BCUT2D eigenvalue weighted by atomic mass is 35.5. The van der Waals surface area contributed by atoms with Gasteiger partial charge in [-0.25, -0.2) is 4.39 Å². The molecule has 19 heavy (non-hydrogen) atoms. The van der Waals surface area contributed by atoms with Crippen LogP contribution in [0, 0.1) is 11.7 Å². The first-order valence-corrected chi connectivity index (χ1v) is 6.99. The largest absolute Gasteiger partial charge is 0.340 e. The van der Waals surface area contributed by atoms with Crippen LogP contribution in [0.2, 0.25) is 5.02 Å². The Labute approximate surface area is 116 Å². The molecule has 0 spiro atoms. The maximum Gasteiger partial charge on any atom is 0.226 e. The molecule has 2 fully saturated rings. The normalized spacial score (nSPS) is 26.3. The molecule has 1 saturated carbocycles. The zero-order valence-electron chi connectivity index (χ0n) is 10.5. The summed E-state index contributed by atoms with van der Waals surface area (Å²) >= 11 is 6.05. The number of nitrogens with one attached hydrogen (secondary N) is 1. The smallest absolute Gasteiger partial charge is 0.226 e. The molecule has 1 aliphatic heterocycles. The van der Waals surface area contributed by atoms with E-state index in [-0.39, 0.29) is 23.6 Å². The van der Waals surface area contributed by atoms with Gasteiger partial charge in [0.2, 0.25) is 5.91 Å². The van der Waals surface area contributed by atoms with Crippen LogP contribution in [-0.2, 0) is 4.79 Å². The third-order valence-corrected chi connectivity index (χ3v) is 4.24. The van der Waals surface area contributed by atoms with E-state index in [1.807, 2.05) is 4.90 Å². The van der Waals surface area contributed by atoms with Crippen molar-refractivity contribution in [1.82, 2.24) is 10.2 Å². The summed E-state index contributed by atoms with van der Waals surface area (Å²) in [7, 11) is 0. The van der Waals surface area contributed by atoms with Crippen LogP contribution in [0.25, 0.3) is 0 Å². The van der Waals surface area contributed by atoms with Gasteiger partial charge in [-0.05, 0) is 18.6 Å². The van der Waals surface area contributed by atoms with E-state index in [0.717, 1.165) is 26.2 Å². The second kappa shape index (κ2) is 5.10. The zero-order chi connectivity index (χ0) is 13.4. The standard InChI is InChI=1S/C14H16ClFN2O/c15-11-2-1-3-12(16)13(11)9-8-10(9)14(19)18-6-4-17-5-7-18/h1-3,9-10,17H,4-8H2/t9-,10-/m1/s1. The number of halogens is 2. The van der Waals surface area contributed by atoms with Crippen molar-refractivity contribution in [3.05, 3.63) is 34.6 Å². The highest BCUT2D eigenvalue weighted by Gasteiger charge is 2.47. The second-order valence-electron chi connectivity index (χ2n) is 5.16. The fourth-order valence-corrected chi connectivity index (χ4v) is 3.07. The number of nitrogens with zero attached hydrogens (tertiary/aromatic N) is 1. The Hall–Kier alpha value is -1.13. The Kier molecular flexibility index (Phi) is 3.46. The molecule has 2 aliphatic rings. The van der Waals surface area contributed by atoms with Gasteiger partial charge in [-0.1, -0.05) is 17.7 Å². The number of rotatable bonds is 2. The molecule has 0 bridgehead atoms. The van der Waals surface area contributed by atoms with Gasteiger partial charge in [0, 0.05) is 48.6 Å². The minimum Gasteiger partial charge on any atom is -0.340 e. The van der Waals surface area contributed by atoms with Crippen molar-refractivity contribution in [2.24, 2.45) is 5.92 Å². The lowest BCUT2D eigenvalue weighted by atomic mass is 10.1. The van der Waals surface area contributed by atoms with Gasteiger partial charge in [0.25, 0.3) is 0 Å². The monoisotopic (exact) mass is 282 g/mol. The molecule has 1 amide bonds. The first-order chi connectivity index (χ1) is 9.18. The summed E-state index contributed by atoms with van der Waals surface area (Å²) in [4.78, 5) is 14.2. The molecular formula is C14H16ClFN2O. The number of carbonyl (C=O) groups excluding carboxylic acids is 1. The number of amides is 1. The molecule has 2 atom stereocenters. The van der Waals surface area contributed by atoms with E-state index in [2.05, 4.69) is 5.32 Å². The van der Waals surface area contributed by atoms with Crippen LogP contribution in [0.4, 0.5) is 4.39 Å². The fourth-order valence-electron chi connectivity index (χ4n) is 2.77. The molecule has 3 rings (SSSR count). The summed E-state index contributed by atoms with van der Waals surface area (Å²) in [6, 6.07) is 4.69. The van der Waals surface area contributed by atoms with Gasteiger partial charge < -0.3 is 10.2 Å². The van der Waals surface area contributed by atoms with E-state index < -0.39 is 0 Å². The van der Waals surface area contributed by atoms with Gasteiger partial charge in [0.15, 0.2) is 0 Å². The van der Waals surface area contributed by atoms with Gasteiger partial charge in [-0.3, -0.25) is 4.79 Å². The molecule has 1 N–H and O–H groups in total. The Balaban J connectivity index is 1.72. The van der Waals surface area contributed by atoms with Crippen LogP contribution >= 0.6 is 11.6 Å². The first kappa shape index (κ1) is 12.9. The minimum absolute atomic E-state index is 0.0453. The molecule has 0 unspecified atom stereocenters.